The number of nitrogens with zero attached hydrogens (tertiary/aromatic N) is 1. The lowest BCUT2D eigenvalue weighted by Gasteiger charge is -2.31. The molecule has 2 N–H and O–H groups in total. The number of hydrogen-bond donors (Lipinski definition) is 2. The summed E-state index contributed by atoms with van der Waals surface area (Å²) in [7, 11) is 0. The van der Waals surface area contributed by atoms with Crippen LogP contribution in [0.25, 0.3) is 0 Å². The van der Waals surface area contributed by atoms with Gasteiger partial charge in [-0.3, -0.25) is 14.5 Å². The molecule has 0 atom stereocenters. The van der Waals surface area contributed by atoms with Crippen molar-refractivity contribution in [2.24, 2.45) is 5.92 Å². The number of halogens is 1. The maximum absolute atomic E-state index is 12.3. The van der Waals surface area contributed by atoms with Gasteiger partial charge in [0.05, 0.1) is 6.54 Å². The van der Waals surface area contributed by atoms with Crippen molar-refractivity contribution in [2.75, 3.05) is 25.0 Å². The van der Waals surface area contributed by atoms with Crippen molar-refractivity contribution in [3.8, 4) is 0 Å². The van der Waals surface area contributed by atoms with Crippen LogP contribution < -0.4 is 10.6 Å². The van der Waals surface area contributed by atoms with Gasteiger partial charge in [0.15, 0.2) is 0 Å². The molecular formula is C21H24ClN3O2. The number of carbonyl (C=O) groups is 2. The first kappa shape index (κ1) is 19.4. The summed E-state index contributed by atoms with van der Waals surface area (Å²) in [6.45, 7) is 2.61. The molecule has 2 aromatic rings. The molecule has 0 aliphatic carbocycles. The molecule has 1 saturated heterocycles. The Labute approximate surface area is 164 Å². The summed E-state index contributed by atoms with van der Waals surface area (Å²) in [6.07, 6.45) is 1.61. The predicted molar refractivity (Wildman–Crippen MR) is 108 cm³/mol. The average Bonchev–Trinajstić information content (AvgIpc) is 2.69. The van der Waals surface area contributed by atoms with Gasteiger partial charge >= 0.3 is 0 Å². The summed E-state index contributed by atoms with van der Waals surface area (Å²) in [6, 6.07) is 17.1. The Bertz CT molecular complexity index is 757. The van der Waals surface area contributed by atoms with Crippen molar-refractivity contribution in [3.63, 3.8) is 0 Å². The Morgan fingerprint density at radius 3 is 2.33 bits per heavy atom. The van der Waals surface area contributed by atoms with E-state index in [0.29, 0.717) is 0 Å². The minimum atomic E-state index is -0.213. The van der Waals surface area contributed by atoms with Gasteiger partial charge in [0, 0.05) is 23.2 Å². The summed E-state index contributed by atoms with van der Waals surface area (Å²) in [4.78, 5) is 26.6. The number of piperidine rings is 1. The number of likely N-dealkylation sites (tertiary alicyclic amines) is 1. The minimum Gasteiger partial charge on any atom is -0.347 e. The van der Waals surface area contributed by atoms with Crippen molar-refractivity contribution in [3.05, 3.63) is 65.2 Å². The summed E-state index contributed by atoms with van der Waals surface area (Å²) in [5.74, 6) is -0.282. The van der Waals surface area contributed by atoms with Crippen molar-refractivity contribution in [1.29, 1.82) is 0 Å². The van der Waals surface area contributed by atoms with Crippen LogP contribution >= 0.6 is 11.6 Å². The van der Waals surface area contributed by atoms with E-state index in [4.69, 9.17) is 11.6 Å². The molecule has 5 nitrogen and oxygen atoms in total. The summed E-state index contributed by atoms with van der Waals surface area (Å²) >= 11 is 5.92. The molecule has 27 heavy (non-hydrogen) atoms. The minimum absolute atomic E-state index is 0.00127. The molecular weight excluding hydrogens is 362 g/mol. The smallest absolute Gasteiger partial charge is 0.243 e. The SMILES string of the molecule is O=C(CNC(=O)C1CCN(Cc2ccc(Cl)cc2)CC1)Nc1ccccc1. The van der Waals surface area contributed by atoms with Crippen LogP contribution in [0, 0.1) is 5.92 Å². The number of carbonyl (C=O) groups excluding carboxylic acids is 2. The Morgan fingerprint density at radius 2 is 1.67 bits per heavy atom. The summed E-state index contributed by atoms with van der Waals surface area (Å²) < 4.78 is 0. The van der Waals surface area contributed by atoms with Gasteiger partial charge in [-0.15, -0.1) is 0 Å². The quantitative estimate of drug-likeness (QED) is 0.802. The van der Waals surface area contributed by atoms with Crippen LogP contribution in [-0.4, -0.2) is 36.3 Å². The third-order valence-corrected chi connectivity index (χ3v) is 5.01. The molecule has 2 aromatic carbocycles. The molecule has 1 aliphatic heterocycles. The van der Waals surface area contributed by atoms with E-state index >= 15 is 0 Å². The average molecular weight is 386 g/mol. The Hall–Kier alpha value is -2.37. The van der Waals surface area contributed by atoms with Gasteiger partial charge < -0.3 is 10.6 Å². The van der Waals surface area contributed by atoms with E-state index in [0.717, 1.165) is 43.2 Å². The number of amides is 2. The number of hydrogen-bond acceptors (Lipinski definition) is 3. The lowest BCUT2D eigenvalue weighted by molar-refractivity contribution is -0.128. The largest absolute Gasteiger partial charge is 0.347 e. The molecule has 2 amide bonds. The van der Waals surface area contributed by atoms with Crippen LogP contribution in [0.1, 0.15) is 18.4 Å². The number of para-hydroxylation sites is 1. The van der Waals surface area contributed by atoms with Crippen LogP contribution in [-0.2, 0) is 16.1 Å². The molecule has 142 valence electrons. The lowest BCUT2D eigenvalue weighted by Crippen LogP contribution is -2.42. The molecule has 0 radical (unpaired) electrons. The lowest BCUT2D eigenvalue weighted by atomic mass is 9.95. The fourth-order valence-electron chi connectivity index (χ4n) is 3.24. The van der Waals surface area contributed by atoms with E-state index in [1.165, 1.54) is 5.56 Å². The van der Waals surface area contributed by atoms with Crippen LogP contribution in [0.5, 0.6) is 0 Å². The predicted octanol–water partition coefficient (Wildman–Crippen LogP) is 3.31. The Morgan fingerprint density at radius 1 is 1.00 bits per heavy atom. The highest BCUT2D eigenvalue weighted by Crippen LogP contribution is 2.20. The van der Waals surface area contributed by atoms with Crippen molar-refractivity contribution in [1.82, 2.24) is 10.2 Å². The number of benzene rings is 2. The zero-order valence-electron chi connectivity index (χ0n) is 15.2. The van der Waals surface area contributed by atoms with Gasteiger partial charge in [0.2, 0.25) is 11.8 Å². The molecule has 1 aliphatic rings. The number of anilines is 1. The highest BCUT2D eigenvalue weighted by molar-refractivity contribution is 6.30. The van der Waals surface area contributed by atoms with Gasteiger partial charge in [-0.25, -0.2) is 0 Å². The van der Waals surface area contributed by atoms with Gasteiger partial charge in [0.1, 0.15) is 0 Å². The zero-order valence-corrected chi connectivity index (χ0v) is 15.9. The summed E-state index contributed by atoms with van der Waals surface area (Å²) in [5.41, 5.74) is 1.95. The van der Waals surface area contributed by atoms with E-state index in [-0.39, 0.29) is 24.3 Å². The molecule has 0 spiro atoms. The van der Waals surface area contributed by atoms with E-state index < -0.39 is 0 Å². The van der Waals surface area contributed by atoms with Crippen LogP contribution in [0.15, 0.2) is 54.6 Å². The third-order valence-electron chi connectivity index (χ3n) is 4.76. The zero-order chi connectivity index (χ0) is 19.1. The monoisotopic (exact) mass is 385 g/mol. The summed E-state index contributed by atoms with van der Waals surface area (Å²) in [5, 5.41) is 6.27. The van der Waals surface area contributed by atoms with E-state index in [9.17, 15) is 9.59 Å². The highest BCUT2D eigenvalue weighted by Gasteiger charge is 2.25. The van der Waals surface area contributed by atoms with Crippen LogP contribution in [0.3, 0.4) is 0 Å². The second-order valence-corrected chi connectivity index (χ2v) is 7.25. The van der Waals surface area contributed by atoms with Crippen molar-refractivity contribution >= 4 is 29.1 Å². The molecule has 0 unspecified atom stereocenters. The first-order valence-electron chi connectivity index (χ1n) is 9.19. The second kappa shape index (κ2) is 9.53. The van der Waals surface area contributed by atoms with E-state index in [1.807, 2.05) is 54.6 Å². The molecule has 1 heterocycles. The standard InChI is InChI=1S/C21H24ClN3O2/c22-18-8-6-16(7-9-18)15-25-12-10-17(11-13-25)21(27)23-14-20(26)24-19-4-2-1-3-5-19/h1-9,17H,10-15H2,(H,23,27)(H,24,26). The number of rotatable bonds is 6. The van der Waals surface area contributed by atoms with Crippen LogP contribution in [0.2, 0.25) is 5.02 Å². The van der Waals surface area contributed by atoms with Gasteiger partial charge in [-0.2, -0.15) is 0 Å². The highest BCUT2D eigenvalue weighted by atomic mass is 35.5. The molecule has 3 rings (SSSR count). The van der Waals surface area contributed by atoms with Gasteiger partial charge in [-0.1, -0.05) is 41.9 Å². The third kappa shape index (κ3) is 6.08. The van der Waals surface area contributed by atoms with Crippen molar-refractivity contribution in [2.45, 2.75) is 19.4 Å². The van der Waals surface area contributed by atoms with Crippen molar-refractivity contribution < 1.29 is 9.59 Å². The Kier molecular flexibility index (Phi) is 6.85. The maximum atomic E-state index is 12.3. The fraction of sp³-hybridized carbons (Fsp3) is 0.333. The van der Waals surface area contributed by atoms with E-state index in [1.54, 1.807) is 0 Å². The number of nitrogens with one attached hydrogen (secondary N) is 2. The molecule has 6 heteroatoms. The molecule has 0 saturated carbocycles. The topological polar surface area (TPSA) is 61.4 Å². The maximum Gasteiger partial charge on any atom is 0.243 e. The first-order chi connectivity index (χ1) is 13.1. The molecule has 0 aromatic heterocycles. The molecule has 0 bridgehead atoms. The Balaban J connectivity index is 1.38. The van der Waals surface area contributed by atoms with Crippen LogP contribution in [0.4, 0.5) is 5.69 Å². The normalized spacial score (nSPS) is 15.3. The second-order valence-electron chi connectivity index (χ2n) is 6.81. The first-order valence-corrected chi connectivity index (χ1v) is 9.57. The molecule has 1 fully saturated rings. The van der Waals surface area contributed by atoms with Gasteiger partial charge in [0.25, 0.3) is 0 Å². The van der Waals surface area contributed by atoms with E-state index in [2.05, 4.69) is 15.5 Å². The fourth-order valence-corrected chi connectivity index (χ4v) is 3.37. The van der Waals surface area contributed by atoms with Gasteiger partial charge in [-0.05, 0) is 55.8 Å².